The Morgan fingerprint density at radius 1 is 1.25 bits per heavy atom. The average molecular weight is 403 g/mol. The Balaban J connectivity index is 1.57. The van der Waals surface area contributed by atoms with Crippen LogP contribution in [0.5, 0.6) is 5.75 Å². The van der Waals surface area contributed by atoms with Gasteiger partial charge >= 0.3 is 0 Å². The first-order valence-electron chi connectivity index (χ1n) is 10.2. The van der Waals surface area contributed by atoms with Gasteiger partial charge in [0.15, 0.2) is 0 Å². The highest BCUT2D eigenvalue weighted by molar-refractivity contribution is 7.09. The number of para-hydroxylation sites is 1. The van der Waals surface area contributed by atoms with E-state index in [2.05, 4.69) is 57.4 Å². The van der Waals surface area contributed by atoms with Crippen LogP contribution in [-0.2, 0) is 13.1 Å². The molecule has 154 valence electrons. The van der Waals surface area contributed by atoms with E-state index in [1.165, 1.54) is 30.0 Å². The predicted molar refractivity (Wildman–Crippen MR) is 117 cm³/mol. The maximum atomic E-state index is 5.55. The van der Waals surface area contributed by atoms with E-state index in [1.807, 2.05) is 12.3 Å². The second-order valence-electron chi connectivity index (χ2n) is 8.02. The quantitative estimate of drug-likeness (QED) is 0.608. The highest BCUT2D eigenvalue weighted by Gasteiger charge is 2.23. The Labute approximate surface area is 173 Å². The summed E-state index contributed by atoms with van der Waals surface area (Å²) in [5, 5.41) is 3.30. The number of benzene rings is 1. The second kappa shape index (κ2) is 10.9. The van der Waals surface area contributed by atoms with E-state index in [4.69, 9.17) is 4.74 Å². The molecule has 1 aromatic heterocycles. The summed E-state index contributed by atoms with van der Waals surface area (Å²) in [7, 11) is 6.06. The van der Waals surface area contributed by atoms with E-state index in [0.29, 0.717) is 5.92 Å². The van der Waals surface area contributed by atoms with E-state index >= 15 is 0 Å². The van der Waals surface area contributed by atoms with Crippen molar-refractivity contribution in [2.24, 2.45) is 5.92 Å². The first-order valence-corrected chi connectivity index (χ1v) is 11.1. The Kier molecular flexibility index (Phi) is 8.27. The molecule has 6 heteroatoms. The fraction of sp³-hybridized carbons (Fsp3) is 0.591. The number of rotatable bonds is 10. The van der Waals surface area contributed by atoms with Crippen LogP contribution in [0.3, 0.4) is 0 Å². The molecule has 5 nitrogen and oxygen atoms in total. The lowest BCUT2D eigenvalue weighted by atomic mass is 9.96. The summed E-state index contributed by atoms with van der Waals surface area (Å²) >= 11 is 1.76. The Bertz CT molecular complexity index is 692. The normalized spacial score (nSPS) is 18.1. The van der Waals surface area contributed by atoms with Gasteiger partial charge in [-0.05, 0) is 45.5 Å². The van der Waals surface area contributed by atoms with Gasteiger partial charge in [-0.15, -0.1) is 11.3 Å². The Hall–Kier alpha value is -1.47. The third-order valence-corrected chi connectivity index (χ3v) is 6.18. The van der Waals surface area contributed by atoms with Crippen molar-refractivity contribution in [2.75, 3.05) is 53.9 Å². The Morgan fingerprint density at radius 3 is 2.86 bits per heavy atom. The van der Waals surface area contributed by atoms with Gasteiger partial charge in [-0.2, -0.15) is 0 Å². The molecule has 1 aliphatic heterocycles. The summed E-state index contributed by atoms with van der Waals surface area (Å²) in [5.74, 6) is 1.71. The van der Waals surface area contributed by atoms with E-state index in [0.717, 1.165) is 45.0 Å². The van der Waals surface area contributed by atoms with E-state index in [1.54, 1.807) is 18.4 Å². The molecule has 0 bridgehead atoms. The Morgan fingerprint density at radius 2 is 2.11 bits per heavy atom. The number of methoxy groups -OCH3 is 1. The van der Waals surface area contributed by atoms with Crippen LogP contribution >= 0.6 is 11.3 Å². The molecular formula is C22H34N4OS. The average Bonchev–Trinajstić information content (AvgIpc) is 3.20. The van der Waals surface area contributed by atoms with Gasteiger partial charge in [0.05, 0.1) is 13.7 Å². The number of piperidine rings is 1. The van der Waals surface area contributed by atoms with Crippen LogP contribution in [0.25, 0.3) is 0 Å². The van der Waals surface area contributed by atoms with E-state index in [-0.39, 0.29) is 0 Å². The van der Waals surface area contributed by atoms with Crippen molar-refractivity contribution in [1.29, 1.82) is 0 Å². The zero-order valence-corrected chi connectivity index (χ0v) is 18.3. The SMILES string of the molecule is COc1ccccc1CN1CCC[C@@H](CN(CCN(C)C)Cc2nccs2)C1. The highest BCUT2D eigenvalue weighted by atomic mass is 32.1. The molecule has 0 N–H and O–H groups in total. The molecule has 0 saturated carbocycles. The summed E-state index contributed by atoms with van der Waals surface area (Å²) in [6.07, 6.45) is 4.51. The topological polar surface area (TPSA) is 31.8 Å². The summed E-state index contributed by atoms with van der Waals surface area (Å²) in [6.45, 7) is 7.61. The van der Waals surface area contributed by atoms with Crippen molar-refractivity contribution >= 4 is 11.3 Å². The smallest absolute Gasteiger partial charge is 0.123 e. The number of nitrogens with zero attached hydrogens (tertiary/aromatic N) is 4. The van der Waals surface area contributed by atoms with Gasteiger partial charge in [-0.25, -0.2) is 4.98 Å². The predicted octanol–water partition coefficient (Wildman–Crippen LogP) is 3.43. The first kappa shape index (κ1) is 21.2. The van der Waals surface area contributed by atoms with Crippen molar-refractivity contribution in [3.8, 4) is 5.75 Å². The second-order valence-corrected chi connectivity index (χ2v) is 9.00. The zero-order valence-electron chi connectivity index (χ0n) is 17.5. The molecule has 0 radical (unpaired) electrons. The molecule has 0 unspecified atom stereocenters. The summed E-state index contributed by atoms with van der Waals surface area (Å²) in [5.41, 5.74) is 1.29. The molecule has 28 heavy (non-hydrogen) atoms. The van der Waals surface area contributed by atoms with Gasteiger partial charge in [0.1, 0.15) is 10.8 Å². The molecule has 1 aliphatic rings. The number of hydrogen-bond acceptors (Lipinski definition) is 6. The molecule has 1 aromatic carbocycles. The monoisotopic (exact) mass is 402 g/mol. The summed E-state index contributed by atoms with van der Waals surface area (Å²) in [4.78, 5) is 12.0. The largest absolute Gasteiger partial charge is 0.496 e. The van der Waals surface area contributed by atoms with Gasteiger partial charge < -0.3 is 9.64 Å². The van der Waals surface area contributed by atoms with Gasteiger partial charge in [0.25, 0.3) is 0 Å². The van der Waals surface area contributed by atoms with Crippen molar-refractivity contribution < 1.29 is 4.74 Å². The third kappa shape index (κ3) is 6.55. The van der Waals surface area contributed by atoms with Crippen LogP contribution in [0.4, 0.5) is 0 Å². The molecule has 2 aromatic rings. The standard InChI is InChI=1S/C22H34N4OS/c1-24(2)12-13-26(18-22-23-10-14-28-22)16-19-7-6-11-25(15-19)17-20-8-4-5-9-21(20)27-3/h4-5,8-10,14,19H,6-7,11-13,15-18H2,1-3H3/t19-/m1/s1. The lowest BCUT2D eigenvalue weighted by Crippen LogP contribution is -2.42. The maximum Gasteiger partial charge on any atom is 0.123 e. The molecule has 0 spiro atoms. The summed E-state index contributed by atoms with van der Waals surface area (Å²) < 4.78 is 5.55. The minimum Gasteiger partial charge on any atom is -0.496 e. The minimum absolute atomic E-state index is 0.714. The number of thiazole rings is 1. The van der Waals surface area contributed by atoms with E-state index in [9.17, 15) is 0 Å². The van der Waals surface area contributed by atoms with E-state index < -0.39 is 0 Å². The van der Waals surface area contributed by atoms with Gasteiger partial charge in [0.2, 0.25) is 0 Å². The fourth-order valence-corrected chi connectivity index (χ4v) is 4.64. The first-order chi connectivity index (χ1) is 13.6. The minimum atomic E-state index is 0.714. The van der Waals surface area contributed by atoms with Gasteiger partial charge in [-0.1, -0.05) is 18.2 Å². The lowest BCUT2D eigenvalue weighted by molar-refractivity contribution is 0.120. The van der Waals surface area contributed by atoms with Crippen LogP contribution in [-0.4, -0.2) is 73.6 Å². The van der Waals surface area contributed by atoms with Crippen molar-refractivity contribution in [1.82, 2.24) is 19.7 Å². The zero-order chi connectivity index (χ0) is 19.8. The van der Waals surface area contributed by atoms with Gasteiger partial charge in [0, 0.05) is 49.9 Å². The molecule has 0 amide bonds. The van der Waals surface area contributed by atoms with Crippen molar-refractivity contribution in [2.45, 2.75) is 25.9 Å². The highest BCUT2D eigenvalue weighted by Crippen LogP contribution is 2.24. The molecule has 2 heterocycles. The number of likely N-dealkylation sites (N-methyl/N-ethyl adjacent to an activating group) is 1. The molecule has 1 saturated heterocycles. The van der Waals surface area contributed by atoms with Crippen molar-refractivity contribution in [3.63, 3.8) is 0 Å². The number of hydrogen-bond donors (Lipinski definition) is 0. The molecule has 0 aliphatic carbocycles. The fourth-order valence-electron chi connectivity index (χ4n) is 3.98. The summed E-state index contributed by atoms with van der Waals surface area (Å²) in [6, 6.07) is 8.40. The van der Waals surface area contributed by atoms with Crippen LogP contribution in [0.2, 0.25) is 0 Å². The van der Waals surface area contributed by atoms with Crippen LogP contribution in [0.15, 0.2) is 35.8 Å². The third-order valence-electron chi connectivity index (χ3n) is 5.41. The molecule has 1 atom stereocenters. The number of aromatic nitrogens is 1. The van der Waals surface area contributed by atoms with Crippen LogP contribution < -0.4 is 4.74 Å². The maximum absolute atomic E-state index is 5.55. The lowest BCUT2D eigenvalue weighted by Gasteiger charge is -2.36. The van der Waals surface area contributed by atoms with Gasteiger partial charge in [-0.3, -0.25) is 9.80 Å². The molecular weight excluding hydrogens is 368 g/mol. The molecule has 1 fully saturated rings. The van der Waals surface area contributed by atoms with Crippen LogP contribution in [0, 0.1) is 5.92 Å². The number of likely N-dealkylation sites (tertiary alicyclic amines) is 1. The van der Waals surface area contributed by atoms with Crippen molar-refractivity contribution in [3.05, 3.63) is 46.4 Å². The molecule has 3 rings (SSSR count). The number of ether oxygens (including phenoxy) is 1. The van der Waals surface area contributed by atoms with Crippen LogP contribution in [0.1, 0.15) is 23.4 Å².